The van der Waals surface area contributed by atoms with Gasteiger partial charge in [-0.05, 0) is 66.2 Å². The molecule has 0 aliphatic carbocycles. The summed E-state index contributed by atoms with van der Waals surface area (Å²) in [6.45, 7) is 4.30. The zero-order valence-corrected chi connectivity index (χ0v) is 16.5. The van der Waals surface area contributed by atoms with Gasteiger partial charge < -0.3 is 4.74 Å². The Labute approximate surface area is 168 Å². The number of hydrogen-bond acceptors (Lipinski definition) is 5. The van der Waals surface area contributed by atoms with Gasteiger partial charge in [-0.3, -0.25) is 4.98 Å². The van der Waals surface area contributed by atoms with Gasteiger partial charge in [-0.25, -0.2) is 4.79 Å². The fourth-order valence-corrected chi connectivity index (χ4v) is 3.13. The number of pyridine rings is 1. The van der Waals surface area contributed by atoms with Crippen LogP contribution in [-0.4, -0.2) is 24.8 Å². The molecule has 2 aromatic carbocycles. The lowest BCUT2D eigenvalue weighted by Crippen LogP contribution is -2.23. The summed E-state index contributed by atoms with van der Waals surface area (Å²) >= 11 is 0. The summed E-state index contributed by atoms with van der Waals surface area (Å²) in [6.07, 6.45) is 0. The van der Waals surface area contributed by atoms with Gasteiger partial charge in [0, 0.05) is 23.9 Å². The van der Waals surface area contributed by atoms with Crippen molar-refractivity contribution in [2.45, 2.75) is 20.5 Å². The van der Waals surface area contributed by atoms with Crippen LogP contribution in [0.1, 0.15) is 16.8 Å². The molecule has 0 spiro atoms. The van der Waals surface area contributed by atoms with E-state index in [1.807, 2.05) is 68.4 Å². The van der Waals surface area contributed by atoms with Crippen LogP contribution in [0.5, 0.6) is 5.75 Å². The van der Waals surface area contributed by atoms with Crippen LogP contribution in [0.3, 0.4) is 0 Å². The maximum absolute atomic E-state index is 12.2. The van der Waals surface area contributed by atoms with Gasteiger partial charge in [0.25, 0.3) is 0 Å². The van der Waals surface area contributed by atoms with Crippen molar-refractivity contribution in [3.63, 3.8) is 0 Å². The molecule has 7 heteroatoms. The Bertz CT molecular complexity index is 1230. The monoisotopic (exact) mass is 387 g/mol. The van der Waals surface area contributed by atoms with E-state index >= 15 is 0 Å². The number of aryl methyl sites for hydroxylation is 3. The lowest BCUT2D eigenvalue weighted by Gasteiger charge is -2.13. The van der Waals surface area contributed by atoms with Gasteiger partial charge in [-0.15, -0.1) is 0 Å². The molecule has 2 heterocycles. The van der Waals surface area contributed by atoms with Gasteiger partial charge in [0.05, 0.1) is 11.4 Å². The minimum absolute atomic E-state index is 0.302. The van der Waals surface area contributed by atoms with Crippen molar-refractivity contribution in [1.29, 1.82) is 0 Å². The number of hydrogen-bond donors (Lipinski definition) is 0. The lowest BCUT2D eigenvalue weighted by atomic mass is 10.1. The molecule has 0 saturated carbocycles. The van der Waals surface area contributed by atoms with Crippen LogP contribution in [0, 0.1) is 13.8 Å². The summed E-state index contributed by atoms with van der Waals surface area (Å²) in [5, 5.41) is 7.71. The third-order valence-electron chi connectivity index (χ3n) is 4.68. The standard InChI is InChI=1S/C22H21N5O2/c1-15-13-17(19-9-6-7-16(2)23-19)11-12-21(15)29-14-18-8-4-5-10-20(18)27-22(28)26(3)24-25-27/h4-13H,14H2,1-3H3. The molecule has 0 atom stereocenters. The van der Waals surface area contributed by atoms with Crippen molar-refractivity contribution < 1.29 is 4.74 Å². The second kappa shape index (κ2) is 7.71. The second-order valence-electron chi connectivity index (χ2n) is 6.86. The molecule has 0 aliphatic heterocycles. The zero-order chi connectivity index (χ0) is 20.4. The number of tetrazole rings is 1. The molecule has 0 aliphatic rings. The molecule has 29 heavy (non-hydrogen) atoms. The van der Waals surface area contributed by atoms with E-state index in [-0.39, 0.29) is 5.69 Å². The van der Waals surface area contributed by atoms with Gasteiger partial charge in [-0.2, -0.15) is 9.36 Å². The first-order chi connectivity index (χ1) is 14.0. The zero-order valence-electron chi connectivity index (χ0n) is 16.5. The normalized spacial score (nSPS) is 10.9. The Morgan fingerprint density at radius 3 is 2.52 bits per heavy atom. The quantitative estimate of drug-likeness (QED) is 0.526. The molecule has 0 N–H and O–H groups in total. The van der Waals surface area contributed by atoms with Crippen LogP contribution in [-0.2, 0) is 13.7 Å². The fourth-order valence-electron chi connectivity index (χ4n) is 3.13. The third kappa shape index (κ3) is 3.80. The van der Waals surface area contributed by atoms with Gasteiger partial charge >= 0.3 is 5.69 Å². The van der Waals surface area contributed by atoms with E-state index in [9.17, 15) is 4.79 Å². The predicted octanol–water partition coefficient (Wildman–Crippen LogP) is 3.22. The van der Waals surface area contributed by atoms with Gasteiger partial charge in [0.1, 0.15) is 12.4 Å². The molecule has 0 fully saturated rings. The first kappa shape index (κ1) is 18.6. The predicted molar refractivity (Wildman–Crippen MR) is 110 cm³/mol. The molecule has 4 rings (SSSR count). The van der Waals surface area contributed by atoms with Gasteiger partial charge in [0.15, 0.2) is 0 Å². The van der Waals surface area contributed by atoms with Gasteiger partial charge in [0.2, 0.25) is 0 Å². The minimum atomic E-state index is -0.302. The minimum Gasteiger partial charge on any atom is -0.489 e. The summed E-state index contributed by atoms with van der Waals surface area (Å²) in [4.78, 5) is 16.8. The van der Waals surface area contributed by atoms with E-state index in [1.165, 1.54) is 9.36 Å². The van der Waals surface area contributed by atoms with Crippen LogP contribution in [0.25, 0.3) is 16.9 Å². The highest BCUT2D eigenvalue weighted by Gasteiger charge is 2.12. The van der Waals surface area contributed by atoms with Crippen LogP contribution >= 0.6 is 0 Å². The fraction of sp³-hybridized carbons (Fsp3) is 0.182. The Balaban J connectivity index is 1.57. The third-order valence-corrected chi connectivity index (χ3v) is 4.68. The highest BCUT2D eigenvalue weighted by atomic mass is 16.5. The molecular weight excluding hydrogens is 366 g/mol. The Hall–Kier alpha value is -3.74. The van der Waals surface area contributed by atoms with Crippen LogP contribution < -0.4 is 10.4 Å². The lowest BCUT2D eigenvalue weighted by molar-refractivity contribution is 0.303. The average molecular weight is 387 g/mol. The van der Waals surface area contributed by atoms with E-state index in [1.54, 1.807) is 7.05 Å². The molecule has 0 bridgehead atoms. The van der Waals surface area contributed by atoms with E-state index in [2.05, 4.69) is 21.5 Å². The SMILES string of the molecule is Cc1cccc(-c2ccc(OCc3ccccc3-n3nnn(C)c3=O)c(C)c2)n1. The highest BCUT2D eigenvalue weighted by Crippen LogP contribution is 2.26. The van der Waals surface area contributed by atoms with Crippen LogP contribution in [0.2, 0.25) is 0 Å². The molecular formula is C22H21N5O2. The van der Waals surface area contributed by atoms with E-state index < -0.39 is 0 Å². The Kier molecular flexibility index (Phi) is 4.95. The summed E-state index contributed by atoms with van der Waals surface area (Å²) in [7, 11) is 1.57. The van der Waals surface area contributed by atoms with Crippen molar-refractivity contribution in [2.24, 2.45) is 7.05 Å². The van der Waals surface area contributed by atoms with Crippen molar-refractivity contribution in [3.05, 3.63) is 88.0 Å². The topological polar surface area (TPSA) is 74.8 Å². The number of para-hydroxylation sites is 1. The van der Waals surface area contributed by atoms with Crippen molar-refractivity contribution in [1.82, 2.24) is 24.8 Å². The van der Waals surface area contributed by atoms with Crippen molar-refractivity contribution in [3.8, 4) is 22.7 Å². The first-order valence-electron chi connectivity index (χ1n) is 9.28. The number of ether oxygens (including phenoxy) is 1. The molecule has 146 valence electrons. The molecule has 0 unspecified atom stereocenters. The van der Waals surface area contributed by atoms with Crippen molar-refractivity contribution in [2.75, 3.05) is 0 Å². The summed E-state index contributed by atoms with van der Waals surface area (Å²) in [5.41, 5.74) is 5.18. The largest absolute Gasteiger partial charge is 0.489 e. The maximum atomic E-state index is 12.2. The van der Waals surface area contributed by atoms with Gasteiger partial charge in [-0.1, -0.05) is 24.3 Å². The molecule has 0 saturated heterocycles. The smallest absolute Gasteiger partial charge is 0.368 e. The number of rotatable bonds is 5. The number of benzene rings is 2. The number of nitrogens with zero attached hydrogens (tertiary/aromatic N) is 5. The molecule has 4 aromatic rings. The highest BCUT2D eigenvalue weighted by molar-refractivity contribution is 5.62. The van der Waals surface area contributed by atoms with E-state index in [4.69, 9.17) is 4.74 Å². The molecule has 2 aromatic heterocycles. The first-order valence-corrected chi connectivity index (χ1v) is 9.28. The van der Waals surface area contributed by atoms with E-state index in [0.717, 1.165) is 33.8 Å². The summed E-state index contributed by atoms with van der Waals surface area (Å²) < 4.78 is 8.53. The molecule has 0 amide bonds. The summed E-state index contributed by atoms with van der Waals surface area (Å²) in [5.74, 6) is 0.780. The second-order valence-corrected chi connectivity index (χ2v) is 6.86. The molecule has 7 nitrogen and oxygen atoms in total. The number of aromatic nitrogens is 5. The van der Waals surface area contributed by atoms with Crippen molar-refractivity contribution >= 4 is 0 Å². The van der Waals surface area contributed by atoms with Crippen LogP contribution in [0.4, 0.5) is 0 Å². The Morgan fingerprint density at radius 1 is 0.966 bits per heavy atom. The average Bonchev–Trinajstić information content (AvgIpc) is 3.06. The Morgan fingerprint density at radius 2 is 1.79 bits per heavy atom. The molecule has 0 radical (unpaired) electrons. The summed E-state index contributed by atoms with van der Waals surface area (Å²) in [6, 6.07) is 19.5. The van der Waals surface area contributed by atoms with Crippen LogP contribution in [0.15, 0.2) is 65.5 Å². The maximum Gasteiger partial charge on any atom is 0.368 e. The van der Waals surface area contributed by atoms with E-state index in [0.29, 0.717) is 12.3 Å².